The predicted molar refractivity (Wildman–Crippen MR) is 103 cm³/mol. The van der Waals surface area contributed by atoms with Crippen LogP contribution in [0.1, 0.15) is 10.4 Å². The van der Waals surface area contributed by atoms with Gasteiger partial charge >= 0.3 is 0 Å². The van der Waals surface area contributed by atoms with Gasteiger partial charge in [0.2, 0.25) is 5.91 Å². The SMILES string of the molecule is Cc1sc2nc(-c3cccnc3)nc(N3CCN[C@@H](C(N)=O)C3)c2c1C. The summed E-state index contributed by atoms with van der Waals surface area (Å²) in [4.78, 5) is 29.8. The number of nitrogens with one attached hydrogen (secondary N) is 1. The number of carbonyl (C=O) groups excluding carboxylic acids is 1. The van der Waals surface area contributed by atoms with Crippen LogP contribution in [0.3, 0.4) is 0 Å². The molecule has 7 nitrogen and oxygen atoms in total. The summed E-state index contributed by atoms with van der Waals surface area (Å²) < 4.78 is 0. The van der Waals surface area contributed by atoms with Crippen molar-refractivity contribution >= 4 is 33.3 Å². The van der Waals surface area contributed by atoms with E-state index in [4.69, 9.17) is 15.7 Å². The molecule has 0 saturated carbocycles. The van der Waals surface area contributed by atoms with Crippen LogP contribution in [0.2, 0.25) is 0 Å². The zero-order valence-electron chi connectivity index (χ0n) is 14.7. The number of hydrogen-bond donors (Lipinski definition) is 2. The van der Waals surface area contributed by atoms with E-state index in [1.165, 1.54) is 10.4 Å². The number of rotatable bonds is 3. The molecule has 3 N–H and O–H groups in total. The van der Waals surface area contributed by atoms with Gasteiger partial charge in [-0.2, -0.15) is 0 Å². The van der Waals surface area contributed by atoms with Gasteiger partial charge < -0.3 is 16.0 Å². The number of amides is 1. The van der Waals surface area contributed by atoms with Gasteiger partial charge in [-0.25, -0.2) is 9.97 Å². The second-order valence-electron chi connectivity index (χ2n) is 6.43. The fraction of sp³-hybridized carbons (Fsp3) is 0.333. The average Bonchev–Trinajstić information content (AvgIpc) is 2.96. The van der Waals surface area contributed by atoms with E-state index >= 15 is 0 Å². The molecule has 0 aliphatic carbocycles. The lowest BCUT2D eigenvalue weighted by atomic mass is 10.1. The Labute approximate surface area is 155 Å². The van der Waals surface area contributed by atoms with Gasteiger partial charge in [0.15, 0.2) is 5.82 Å². The highest BCUT2D eigenvalue weighted by molar-refractivity contribution is 7.18. The Morgan fingerprint density at radius 1 is 1.38 bits per heavy atom. The zero-order valence-corrected chi connectivity index (χ0v) is 15.5. The zero-order chi connectivity index (χ0) is 18.3. The van der Waals surface area contributed by atoms with Crippen LogP contribution in [0, 0.1) is 13.8 Å². The number of aryl methyl sites for hydroxylation is 2. The summed E-state index contributed by atoms with van der Waals surface area (Å²) in [6.45, 7) is 6.14. The molecule has 1 atom stereocenters. The van der Waals surface area contributed by atoms with Crippen molar-refractivity contribution in [2.45, 2.75) is 19.9 Å². The molecule has 3 aromatic heterocycles. The maximum absolute atomic E-state index is 11.6. The number of nitrogens with zero attached hydrogens (tertiary/aromatic N) is 4. The third-order valence-electron chi connectivity index (χ3n) is 4.75. The van der Waals surface area contributed by atoms with Gasteiger partial charge in [0.25, 0.3) is 0 Å². The van der Waals surface area contributed by atoms with Crippen LogP contribution in [-0.2, 0) is 4.79 Å². The highest BCUT2D eigenvalue weighted by Crippen LogP contribution is 2.36. The minimum Gasteiger partial charge on any atom is -0.368 e. The Hall–Kier alpha value is -2.58. The third-order valence-corrected chi connectivity index (χ3v) is 5.85. The van der Waals surface area contributed by atoms with Gasteiger partial charge in [-0.15, -0.1) is 11.3 Å². The number of hydrogen-bond acceptors (Lipinski definition) is 7. The molecule has 0 spiro atoms. The van der Waals surface area contributed by atoms with Crippen LogP contribution < -0.4 is 16.0 Å². The van der Waals surface area contributed by atoms with Crippen molar-refractivity contribution in [3.63, 3.8) is 0 Å². The second kappa shape index (κ2) is 6.62. The number of nitrogens with two attached hydrogens (primary N) is 1. The van der Waals surface area contributed by atoms with Gasteiger partial charge in [0, 0.05) is 42.5 Å². The molecular formula is C18H20N6OS. The van der Waals surface area contributed by atoms with Crippen molar-refractivity contribution in [1.29, 1.82) is 0 Å². The van der Waals surface area contributed by atoms with E-state index in [1.807, 2.05) is 12.1 Å². The van der Waals surface area contributed by atoms with Crippen molar-refractivity contribution in [2.24, 2.45) is 5.73 Å². The minimum absolute atomic E-state index is 0.342. The summed E-state index contributed by atoms with van der Waals surface area (Å²) >= 11 is 1.67. The van der Waals surface area contributed by atoms with Crippen molar-refractivity contribution < 1.29 is 4.79 Å². The summed E-state index contributed by atoms with van der Waals surface area (Å²) in [5.41, 5.74) is 7.57. The number of carbonyl (C=O) groups is 1. The Morgan fingerprint density at radius 2 is 2.23 bits per heavy atom. The van der Waals surface area contributed by atoms with E-state index in [1.54, 1.807) is 23.7 Å². The van der Waals surface area contributed by atoms with E-state index < -0.39 is 0 Å². The maximum atomic E-state index is 11.6. The fourth-order valence-corrected chi connectivity index (χ4v) is 4.24. The van der Waals surface area contributed by atoms with E-state index in [9.17, 15) is 4.79 Å². The van der Waals surface area contributed by atoms with Crippen LogP contribution in [0.5, 0.6) is 0 Å². The molecule has 0 bridgehead atoms. The van der Waals surface area contributed by atoms with Gasteiger partial charge in [-0.3, -0.25) is 9.78 Å². The highest BCUT2D eigenvalue weighted by Gasteiger charge is 2.27. The van der Waals surface area contributed by atoms with Gasteiger partial charge in [0.05, 0.1) is 5.39 Å². The number of piperazine rings is 1. The Bertz CT molecular complexity index is 971. The summed E-state index contributed by atoms with van der Waals surface area (Å²) in [6, 6.07) is 3.45. The molecule has 1 saturated heterocycles. The Balaban J connectivity index is 1.87. The smallest absolute Gasteiger partial charge is 0.236 e. The number of aromatic nitrogens is 3. The molecule has 26 heavy (non-hydrogen) atoms. The maximum Gasteiger partial charge on any atom is 0.236 e. The first kappa shape index (κ1) is 16.9. The molecule has 0 aromatic carbocycles. The molecule has 0 radical (unpaired) electrons. The Kier molecular flexibility index (Phi) is 4.29. The van der Waals surface area contributed by atoms with Crippen LogP contribution in [0.15, 0.2) is 24.5 Å². The molecule has 4 heterocycles. The first-order valence-electron chi connectivity index (χ1n) is 8.50. The molecule has 4 rings (SSSR count). The molecule has 0 unspecified atom stereocenters. The molecule has 1 aliphatic rings. The lowest BCUT2D eigenvalue weighted by Crippen LogP contribution is -2.56. The Morgan fingerprint density at radius 3 is 2.96 bits per heavy atom. The summed E-state index contributed by atoms with van der Waals surface area (Å²) in [7, 11) is 0. The molecule has 1 aliphatic heterocycles. The molecular weight excluding hydrogens is 348 g/mol. The average molecular weight is 368 g/mol. The topological polar surface area (TPSA) is 97.0 Å². The first-order chi connectivity index (χ1) is 12.5. The van der Waals surface area contributed by atoms with Gasteiger partial charge in [-0.1, -0.05) is 0 Å². The van der Waals surface area contributed by atoms with Crippen molar-refractivity contribution in [3.8, 4) is 11.4 Å². The predicted octanol–water partition coefficient (Wildman–Crippen LogP) is 1.63. The van der Waals surface area contributed by atoms with Gasteiger partial charge in [0.1, 0.15) is 16.7 Å². The normalized spacial score (nSPS) is 17.6. The first-order valence-corrected chi connectivity index (χ1v) is 9.32. The summed E-state index contributed by atoms with van der Waals surface area (Å²) in [5, 5.41) is 4.23. The second-order valence-corrected chi connectivity index (χ2v) is 7.63. The molecule has 8 heteroatoms. The fourth-order valence-electron chi connectivity index (χ4n) is 3.21. The van der Waals surface area contributed by atoms with Crippen molar-refractivity contribution in [2.75, 3.05) is 24.5 Å². The third kappa shape index (κ3) is 2.91. The summed E-state index contributed by atoms with van der Waals surface area (Å²) in [6.07, 6.45) is 3.50. The van der Waals surface area contributed by atoms with Crippen LogP contribution in [0.25, 0.3) is 21.6 Å². The highest BCUT2D eigenvalue weighted by atomic mass is 32.1. The molecule has 1 amide bonds. The van der Waals surface area contributed by atoms with Crippen LogP contribution >= 0.6 is 11.3 Å². The number of pyridine rings is 1. The van der Waals surface area contributed by atoms with Crippen LogP contribution in [0.4, 0.5) is 5.82 Å². The summed E-state index contributed by atoms with van der Waals surface area (Å²) in [5.74, 6) is 1.17. The van der Waals surface area contributed by atoms with Crippen molar-refractivity contribution in [1.82, 2.24) is 20.3 Å². The quantitative estimate of drug-likeness (QED) is 0.729. The standard InChI is InChI=1S/C18H20N6OS/c1-10-11(2)26-18-14(10)17(24-7-6-21-13(9-24)15(19)25)22-16(23-18)12-4-3-5-20-8-12/h3-5,8,13,21H,6-7,9H2,1-2H3,(H2,19,25)/t13-/m1/s1. The van der Waals surface area contributed by atoms with Gasteiger partial charge in [-0.05, 0) is 31.5 Å². The lowest BCUT2D eigenvalue weighted by molar-refractivity contribution is -0.120. The van der Waals surface area contributed by atoms with Crippen molar-refractivity contribution in [3.05, 3.63) is 35.0 Å². The number of anilines is 1. The molecule has 3 aromatic rings. The number of primary amides is 1. The minimum atomic E-state index is -0.379. The number of thiophene rings is 1. The monoisotopic (exact) mass is 368 g/mol. The molecule has 134 valence electrons. The van der Waals surface area contributed by atoms with E-state index in [-0.39, 0.29) is 11.9 Å². The van der Waals surface area contributed by atoms with E-state index in [0.29, 0.717) is 18.9 Å². The van der Waals surface area contributed by atoms with E-state index in [2.05, 4.69) is 29.0 Å². The van der Waals surface area contributed by atoms with Crippen LogP contribution in [-0.4, -0.2) is 46.5 Å². The van der Waals surface area contributed by atoms with E-state index in [0.717, 1.165) is 28.1 Å². The number of fused-ring (bicyclic) bond motifs is 1. The lowest BCUT2D eigenvalue weighted by Gasteiger charge is -2.33. The largest absolute Gasteiger partial charge is 0.368 e. The molecule has 1 fully saturated rings.